The number of carbonyl (C=O) groups excluding carboxylic acids is 1. The quantitative estimate of drug-likeness (QED) is 0.677. The van der Waals surface area contributed by atoms with Crippen molar-refractivity contribution in [3.05, 3.63) is 47.3 Å². The average Bonchev–Trinajstić information content (AvgIpc) is 2.99. The van der Waals surface area contributed by atoms with Gasteiger partial charge in [0.1, 0.15) is 0 Å². The maximum absolute atomic E-state index is 11.3. The van der Waals surface area contributed by atoms with E-state index in [9.17, 15) is 4.79 Å². The van der Waals surface area contributed by atoms with Gasteiger partial charge in [0, 0.05) is 28.6 Å². The Kier molecular flexibility index (Phi) is 4.10. The molecule has 5 heteroatoms. The van der Waals surface area contributed by atoms with Gasteiger partial charge in [0.2, 0.25) is 11.7 Å². The highest BCUT2D eigenvalue weighted by molar-refractivity contribution is 5.86. The molecule has 0 saturated carbocycles. The van der Waals surface area contributed by atoms with Crippen LogP contribution in [0.15, 0.2) is 30.5 Å². The first kappa shape index (κ1) is 15.2. The molecule has 0 aliphatic heterocycles. The molecule has 0 fully saturated rings. The number of carbonyl (C=O) groups is 1. The third-order valence-corrected chi connectivity index (χ3v) is 3.94. The number of aldehydes is 1. The summed E-state index contributed by atoms with van der Waals surface area (Å²) >= 11 is 0. The fraction of sp³-hybridized carbons (Fsp3) is 0.278. The molecule has 0 unspecified atom stereocenters. The Bertz CT molecular complexity index is 868. The Hall–Kier alpha value is -2.69. The minimum absolute atomic E-state index is 0.567. The van der Waals surface area contributed by atoms with Crippen LogP contribution < -0.4 is 4.74 Å². The lowest BCUT2D eigenvalue weighted by Crippen LogP contribution is -2.05. The predicted octanol–water partition coefficient (Wildman–Crippen LogP) is 3.48. The topological polar surface area (TPSA) is 56.5 Å². The number of aryl methyl sites for hydroxylation is 1. The fourth-order valence-electron chi connectivity index (χ4n) is 2.78. The average molecular weight is 309 g/mol. The SMILES string of the molecule is CCOc1nc2nc(-c3ccccc3C=O)cn2c(C)c1CC. The highest BCUT2D eigenvalue weighted by Crippen LogP contribution is 2.26. The van der Waals surface area contributed by atoms with Gasteiger partial charge < -0.3 is 4.74 Å². The molecule has 5 nitrogen and oxygen atoms in total. The normalized spacial score (nSPS) is 10.9. The summed E-state index contributed by atoms with van der Waals surface area (Å²) in [5, 5.41) is 0. The van der Waals surface area contributed by atoms with Crippen LogP contribution in [-0.2, 0) is 6.42 Å². The van der Waals surface area contributed by atoms with Crippen LogP contribution in [0.3, 0.4) is 0 Å². The number of fused-ring (bicyclic) bond motifs is 1. The van der Waals surface area contributed by atoms with Crippen LogP contribution in [0.4, 0.5) is 0 Å². The van der Waals surface area contributed by atoms with E-state index in [2.05, 4.69) is 16.9 Å². The summed E-state index contributed by atoms with van der Waals surface area (Å²) in [5.74, 6) is 1.22. The van der Waals surface area contributed by atoms with Crippen molar-refractivity contribution in [2.45, 2.75) is 27.2 Å². The number of nitrogens with zero attached hydrogens (tertiary/aromatic N) is 3. The number of hydrogen-bond donors (Lipinski definition) is 0. The monoisotopic (exact) mass is 309 g/mol. The maximum atomic E-state index is 11.3. The van der Waals surface area contributed by atoms with Gasteiger partial charge in [-0.2, -0.15) is 4.98 Å². The van der Waals surface area contributed by atoms with Gasteiger partial charge in [-0.25, -0.2) is 4.98 Å². The summed E-state index contributed by atoms with van der Waals surface area (Å²) < 4.78 is 7.61. The van der Waals surface area contributed by atoms with E-state index in [1.165, 1.54) is 0 Å². The first-order chi connectivity index (χ1) is 11.2. The molecule has 0 saturated heterocycles. The van der Waals surface area contributed by atoms with Crippen molar-refractivity contribution in [3.63, 3.8) is 0 Å². The number of benzene rings is 1. The van der Waals surface area contributed by atoms with E-state index in [0.29, 0.717) is 23.8 Å². The van der Waals surface area contributed by atoms with Crippen molar-refractivity contribution in [1.29, 1.82) is 0 Å². The van der Waals surface area contributed by atoms with E-state index >= 15 is 0 Å². The molecule has 0 radical (unpaired) electrons. The van der Waals surface area contributed by atoms with Gasteiger partial charge >= 0.3 is 0 Å². The maximum Gasteiger partial charge on any atom is 0.237 e. The molecule has 2 aromatic heterocycles. The summed E-state index contributed by atoms with van der Waals surface area (Å²) in [6, 6.07) is 7.42. The van der Waals surface area contributed by atoms with Gasteiger partial charge in [0.05, 0.1) is 12.3 Å². The van der Waals surface area contributed by atoms with Crippen LogP contribution in [-0.4, -0.2) is 27.3 Å². The van der Waals surface area contributed by atoms with Gasteiger partial charge in [-0.1, -0.05) is 31.2 Å². The lowest BCUT2D eigenvalue weighted by molar-refractivity contribution is 0.112. The van der Waals surface area contributed by atoms with E-state index in [0.717, 1.165) is 35.2 Å². The Labute approximate surface area is 135 Å². The van der Waals surface area contributed by atoms with Crippen LogP contribution in [0.25, 0.3) is 17.0 Å². The number of ether oxygens (including phenoxy) is 1. The lowest BCUT2D eigenvalue weighted by atomic mass is 10.1. The van der Waals surface area contributed by atoms with Crippen molar-refractivity contribution in [2.24, 2.45) is 0 Å². The molecule has 0 amide bonds. The number of aromatic nitrogens is 3. The standard InChI is InChI=1S/C18H19N3O2/c1-4-14-12(3)21-10-16(15-9-7-6-8-13(15)11-22)19-18(21)20-17(14)23-5-2/h6-11H,4-5H2,1-3H3. The fourth-order valence-corrected chi connectivity index (χ4v) is 2.78. The van der Waals surface area contributed by atoms with Crippen molar-refractivity contribution in [3.8, 4) is 17.1 Å². The Morgan fingerprint density at radius 1 is 1.22 bits per heavy atom. The third kappa shape index (κ3) is 2.59. The smallest absolute Gasteiger partial charge is 0.237 e. The zero-order valence-electron chi connectivity index (χ0n) is 13.5. The lowest BCUT2D eigenvalue weighted by Gasteiger charge is -2.11. The number of rotatable bonds is 5. The molecule has 0 aliphatic carbocycles. The molecule has 3 rings (SSSR count). The highest BCUT2D eigenvalue weighted by Gasteiger charge is 2.15. The summed E-state index contributed by atoms with van der Waals surface area (Å²) in [6.45, 7) is 6.63. The zero-order chi connectivity index (χ0) is 16.4. The first-order valence-electron chi connectivity index (χ1n) is 7.75. The van der Waals surface area contributed by atoms with Crippen LogP contribution >= 0.6 is 0 Å². The molecule has 0 bridgehead atoms. The van der Waals surface area contributed by atoms with E-state index in [1.807, 2.05) is 42.6 Å². The molecule has 2 heterocycles. The van der Waals surface area contributed by atoms with Gasteiger partial charge in [0.15, 0.2) is 6.29 Å². The molecule has 0 N–H and O–H groups in total. The van der Waals surface area contributed by atoms with E-state index in [1.54, 1.807) is 6.07 Å². The highest BCUT2D eigenvalue weighted by atomic mass is 16.5. The summed E-state index contributed by atoms with van der Waals surface area (Å²) in [6.07, 6.45) is 3.61. The Morgan fingerprint density at radius 2 is 2.00 bits per heavy atom. The largest absolute Gasteiger partial charge is 0.478 e. The van der Waals surface area contributed by atoms with Gasteiger partial charge in [0.25, 0.3) is 0 Å². The summed E-state index contributed by atoms with van der Waals surface area (Å²) in [4.78, 5) is 20.4. The zero-order valence-corrected chi connectivity index (χ0v) is 13.5. The molecule has 0 spiro atoms. The minimum Gasteiger partial charge on any atom is -0.478 e. The van der Waals surface area contributed by atoms with E-state index < -0.39 is 0 Å². The summed E-state index contributed by atoms with van der Waals surface area (Å²) in [7, 11) is 0. The van der Waals surface area contributed by atoms with Gasteiger partial charge in [-0.3, -0.25) is 9.20 Å². The molecule has 0 atom stereocenters. The molecule has 1 aromatic carbocycles. The molecule has 23 heavy (non-hydrogen) atoms. The minimum atomic E-state index is 0.567. The second kappa shape index (κ2) is 6.20. The Balaban J connectivity index is 2.23. The third-order valence-electron chi connectivity index (χ3n) is 3.94. The number of imidazole rings is 1. The van der Waals surface area contributed by atoms with Crippen molar-refractivity contribution in [2.75, 3.05) is 6.61 Å². The molecule has 3 aromatic rings. The molecule has 0 aliphatic rings. The molecular formula is C18H19N3O2. The van der Waals surface area contributed by atoms with Crippen molar-refractivity contribution >= 4 is 12.1 Å². The second-order valence-electron chi connectivity index (χ2n) is 5.27. The predicted molar refractivity (Wildman–Crippen MR) is 89.1 cm³/mol. The van der Waals surface area contributed by atoms with Crippen LogP contribution in [0.5, 0.6) is 5.88 Å². The van der Waals surface area contributed by atoms with Gasteiger partial charge in [-0.15, -0.1) is 0 Å². The number of hydrogen-bond acceptors (Lipinski definition) is 4. The van der Waals surface area contributed by atoms with Crippen LogP contribution in [0, 0.1) is 6.92 Å². The van der Waals surface area contributed by atoms with Gasteiger partial charge in [-0.05, 0) is 20.3 Å². The van der Waals surface area contributed by atoms with Crippen molar-refractivity contribution in [1.82, 2.24) is 14.4 Å². The van der Waals surface area contributed by atoms with E-state index in [-0.39, 0.29) is 0 Å². The van der Waals surface area contributed by atoms with E-state index in [4.69, 9.17) is 4.74 Å². The Morgan fingerprint density at radius 3 is 2.70 bits per heavy atom. The second-order valence-corrected chi connectivity index (χ2v) is 5.27. The van der Waals surface area contributed by atoms with Crippen LogP contribution in [0.2, 0.25) is 0 Å². The molecular weight excluding hydrogens is 290 g/mol. The first-order valence-corrected chi connectivity index (χ1v) is 7.75. The molecule has 118 valence electrons. The van der Waals surface area contributed by atoms with Crippen LogP contribution in [0.1, 0.15) is 35.5 Å². The summed E-state index contributed by atoms with van der Waals surface area (Å²) in [5.41, 5.74) is 4.30. The van der Waals surface area contributed by atoms with Crippen molar-refractivity contribution < 1.29 is 9.53 Å².